The summed E-state index contributed by atoms with van der Waals surface area (Å²) in [5.74, 6) is 0. The summed E-state index contributed by atoms with van der Waals surface area (Å²) in [5, 5.41) is 4.71. The number of sulfonamides is 1. The molecule has 0 saturated carbocycles. The SMILES string of the molecule is CC1(NS(=O)(=O)c2cccc3cnccc23)CCNC1. The Bertz CT molecular complexity index is 732. The average Bonchev–Trinajstić information content (AvgIpc) is 2.83. The molecule has 1 aromatic carbocycles. The van der Waals surface area contributed by atoms with Crippen LogP contribution in [0.15, 0.2) is 41.6 Å². The number of fused-ring (bicyclic) bond motifs is 1. The third-order valence-corrected chi connectivity index (χ3v) is 5.38. The van der Waals surface area contributed by atoms with E-state index in [-0.39, 0.29) is 0 Å². The first-order chi connectivity index (χ1) is 9.50. The minimum absolute atomic E-state index is 0.311. The number of benzene rings is 1. The third kappa shape index (κ3) is 2.42. The quantitative estimate of drug-likeness (QED) is 0.893. The molecule has 0 amide bonds. The average molecular weight is 291 g/mol. The van der Waals surface area contributed by atoms with Gasteiger partial charge in [-0.25, -0.2) is 13.1 Å². The van der Waals surface area contributed by atoms with Gasteiger partial charge < -0.3 is 5.32 Å². The van der Waals surface area contributed by atoms with Crippen molar-refractivity contribution in [3.8, 4) is 0 Å². The van der Waals surface area contributed by atoms with Gasteiger partial charge in [-0.2, -0.15) is 0 Å². The van der Waals surface area contributed by atoms with E-state index >= 15 is 0 Å². The fourth-order valence-corrected chi connectivity index (χ4v) is 4.28. The van der Waals surface area contributed by atoms with Crippen LogP contribution in [0.25, 0.3) is 10.8 Å². The lowest BCUT2D eigenvalue weighted by Gasteiger charge is -2.24. The second-order valence-electron chi connectivity index (χ2n) is 5.45. The Kier molecular flexibility index (Phi) is 3.24. The Morgan fingerprint density at radius 3 is 2.95 bits per heavy atom. The van der Waals surface area contributed by atoms with E-state index in [1.807, 2.05) is 13.0 Å². The summed E-state index contributed by atoms with van der Waals surface area (Å²) in [7, 11) is -3.55. The Morgan fingerprint density at radius 1 is 1.35 bits per heavy atom. The molecule has 2 heterocycles. The fourth-order valence-electron chi connectivity index (χ4n) is 2.61. The van der Waals surface area contributed by atoms with E-state index in [1.165, 1.54) is 0 Å². The van der Waals surface area contributed by atoms with Crippen LogP contribution in [0.5, 0.6) is 0 Å². The first kappa shape index (κ1) is 13.5. The van der Waals surface area contributed by atoms with Crippen molar-refractivity contribution in [1.29, 1.82) is 0 Å². The van der Waals surface area contributed by atoms with Crippen LogP contribution >= 0.6 is 0 Å². The van der Waals surface area contributed by atoms with Crippen LogP contribution in [0.1, 0.15) is 13.3 Å². The summed E-state index contributed by atoms with van der Waals surface area (Å²) < 4.78 is 28.1. The lowest BCUT2D eigenvalue weighted by molar-refractivity contribution is 0.452. The monoisotopic (exact) mass is 291 g/mol. The van der Waals surface area contributed by atoms with E-state index in [4.69, 9.17) is 0 Å². The molecule has 1 unspecified atom stereocenters. The molecule has 0 bridgehead atoms. The zero-order chi connectivity index (χ0) is 14.2. The molecule has 1 atom stereocenters. The van der Waals surface area contributed by atoms with Crippen molar-refractivity contribution in [3.63, 3.8) is 0 Å². The standard InChI is InChI=1S/C14H17N3O2S/c1-14(6-8-16-10-14)17-20(18,19)13-4-2-3-11-9-15-7-5-12(11)13/h2-5,7,9,16-17H,6,8,10H2,1H3. The molecule has 5 nitrogen and oxygen atoms in total. The number of nitrogens with zero attached hydrogens (tertiary/aromatic N) is 1. The number of hydrogen-bond acceptors (Lipinski definition) is 4. The second-order valence-corrected chi connectivity index (χ2v) is 7.10. The molecule has 1 fully saturated rings. The summed E-state index contributed by atoms with van der Waals surface area (Å²) in [4.78, 5) is 4.34. The van der Waals surface area contributed by atoms with Gasteiger partial charge in [0.1, 0.15) is 0 Å². The van der Waals surface area contributed by atoms with E-state index < -0.39 is 15.6 Å². The maximum Gasteiger partial charge on any atom is 0.241 e. The molecule has 6 heteroatoms. The van der Waals surface area contributed by atoms with Crippen molar-refractivity contribution in [3.05, 3.63) is 36.7 Å². The molecule has 2 aromatic rings. The van der Waals surface area contributed by atoms with Gasteiger partial charge in [0.25, 0.3) is 0 Å². The molecule has 2 N–H and O–H groups in total. The lowest BCUT2D eigenvalue weighted by Crippen LogP contribution is -2.47. The largest absolute Gasteiger partial charge is 0.315 e. The Labute approximate surface area is 118 Å². The highest BCUT2D eigenvalue weighted by Gasteiger charge is 2.34. The maximum atomic E-state index is 12.6. The van der Waals surface area contributed by atoms with Crippen LogP contribution < -0.4 is 10.0 Å². The minimum Gasteiger partial charge on any atom is -0.315 e. The van der Waals surface area contributed by atoms with E-state index in [0.717, 1.165) is 18.4 Å². The van der Waals surface area contributed by atoms with Crippen LogP contribution in [-0.4, -0.2) is 32.0 Å². The smallest absolute Gasteiger partial charge is 0.241 e. The van der Waals surface area contributed by atoms with Gasteiger partial charge in [0.15, 0.2) is 0 Å². The normalized spacial score (nSPS) is 23.2. The van der Waals surface area contributed by atoms with Crippen molar-refractivity contribution >= 4 is 20.8 Å². The van der Waals surface area contributed by atoms with Gasteiger partial charge in [-0.05, 0) is 32.0 Å². The Balaban J connectivity index is 2.05. The highest BCUT2D eigenvalue weighted by Crippen LogP contribution is 2.24. The van der Waals surface area contributed by atoms with Crippen LogP contribution in [0.4, 0.5) is 0 Å². The molecule has 1 aliphatic rings. The predicted octanol–water partition coefficient (Wildman–Crippen LogP) is 1.27. The van der Waals surface area contributed by atoms with Gasteiger partial charge in [-0.1, -0.05) is 12.1 Å². The molecule has 0 spiro atoms. The molecule has 3 rings (SSSR count). The first-order valence-corrected chi connectivity index (χ1v) is 8.06. The van der Waals surface area contributed by atoms with Crippen LogP contribution in [0, 0.1) is 0 Å². The molecular weight excluding hydrogens is 274 g/mol. The van der Waals surface area contributed by atoms with E-state index in [2.05, 4.69) is 15.0 Å². The zero-order valence-corrected chi connectivity index (χ0v) is 12.1. The summed E-state index contributed by atoms with van der Waals surface area (Å²) in [6.07, 6.45) is 4.08. The van der Waals surface area contributed by atoms with Gasteiger partial charge in [0, 0.05) is 35.2 Å². The molecule has 1 saturated heterocycles. The molecule has 0 aliphatic carbocycles. The molecule has 1 aliphatic heterocycles. The molecular formula is C14H17N3O2S. The summed E-state index contributed by atoms with van der Waals surface area (Å²) >= 11 is 0. The van der Waals surface area contributed by atoms with Gasteiger partial charge >= 0.3 is 0 Å². The summed E-state index contributed by atoms with van der Waals surface area (Å²) in [6, 6.07) is 6.98. The topological polar surface area (TPSA) is 71.1 Å². The number of nitrogens with one attached hydrogen (secondary N) is 2. The van der Waals surface area contributed by atoms with Gasteiger partial charge in [0.05, 0.1) is 4.90 Å². The van der Waals surface area contributed by atoms with Gasteiger partial charge in [-0.15, -0.1) is 0 Å². The van der Waals surface area contributed by atoms with Crippen LogP contribution in [0.2, 0.25) is 0 Å². The van der Waals surface area contributed by atoms with Crippen molar-refractivity contribution in [2.45, 2.75) is 23.8 Å². The molecule has 20 heavy (non-hydrogen) atoms. The number of aromatic nitrogens is 1. The van der Waals surface area contributed by atoms with Gasteiger partial charge in [0.2, 0.25) is 10.0 Å². The summed E-state index contributed by atoms with van der Waals surface area (Å²) in [5.41, 5.74) is -0.423. The molecule has 106 valence electrons. The van der Waals surface area contributed by atoms with Crippen molar-refractivity contribution in [2.24, 2.45) is 0 Å². The zero-order valence-electron chi connectivity index (χ0n) is 11.3. The maximum absolute atomic E-state index is 12.6. The van der Waals surface area contributed by atoms with E-state index in [1.54, 1.807) is 30.6 Å². The van der Waals surface area contributed by atoms with Crippen molar-refractivity contribution < 1.29 is 8.42 Å². The van der Waals surface area contributed by atoms with Crippen molar-refractivity contribution in [2.75, 3.05) is 13.1 Å². The van der Waals surface area contributed by atoms with Crippen LogP contribution in [-0.2, 0) is 10.0 Å². The molecule has 1 aromatic heterocycles. The fraction of sp³-hybridized carbons (Fsp3) is 0.357. The summed E-state index contributed by atoms with van der Waals surface area (Å²) in [6.45, 7) is 3.41. The number of pyridine rings is 1. The van der Waals surface area contributed by atoms with Crippen LogP contribution in [0.3, 0.4) is 0 Å². The van der Waals surface area contributed by atoms with Crippen molar-refractivity contribution in [1.82, 2.24) is 15.0 Å². The molecule has 0 radical (unpaired) electrons. The highest BCUT2D eigenvalue weighted by molar-refractivity contribution is 7.89. The minimum atomic E-state index is -3.55. The number of hydrogen-bond donors (Lipinski definition) is 2. The first-order valence-electron chi connectivity index (χ1n) is 6.58. The Hall–Kier alpha value is -1.50. The lowest BCUT2D eigenvalue weighted by atomic mass is 10.0. The Morgan fingerprint density at radius 2 is 2.20 bits per heavy atom. The predicted molar refractivity (Wildman–Crippen MR) is 78.0 cm³/mol. The third-order valence-electron chi connectivity index (χ3n) is 3.68. The second kappa shape index (κ2) is 4.80. The van der Waals surface area contributed by atoms with Gasteiger partial charge in [-0.3, -0.25) is 4.98 Å². The van der Waals surface area contributed by atoms with E-state index in [9.17, 15) is 8.42 Å². The van der Waals surface area contributed by atoms with E-state index in [0.29, 0.717) is 16.8 Å². The number of rotatable bonds is 3. The highest BCUT2D eigenvalue weighted by atomic mass is 32.2.